The first-order chi connectivity index (χ1) is 38.1. The van der Waals surface area contributed by atoms with Crippen LogP contribution in [-0.4, -0.2) is 13.3 Å². The molecule has 9 aromatic rings. The molecular weight excluding hydrogens is 973 g/mol. The Labute approximate surface area is 471 Å². The van der Waals surface area contributed by atoms with Crippen molar-refractivity contribution in [2.75, 3.05) is 0 Å². The van der Waals surface area contributed by atoms with Crippen molar-refractivity contribution in [2.45, 2.75) is 121 Å². The standard InChI is InChI=1S/C76H66BFNO/c1-71(2,3)43-26-30-58-50(36-43)51-37-44(72(4,5)6)27-31-59(51)75(58)56-22-16-13-20-48(56)68-62(75)40-55(69(68)77-78)67(42-25-34-66-54(35-42)47-19-15-18-24-65(47)80-66)64-41-63-70(79-64)49-21-14-17-23-57(49)76(63)60-32-28-45(73(7,8)9)38-52(60)53-39-46(74(10,11)12)29-33-61(53)76/h13-41,69H,1-12H3/b67-64-. The Balaban J connectivity index is 1.03. The van der Waals surface area contributed by atoms with Crippen LogP contribution in [0.2, 0.25) is 5.82 Å². The number of fused-ring (bicyclic) bond motifs is 22. The lowest BCUT2D eigenvalue weighted by Gasteiger charge is -2.32. The summed E-state index contributed by atoms with van der Waals surface area (Å²) < 4.78 is 23.7. The lowest BCUT2D eigenvalue weighted by Crippen LogP contribution is -2.27. The predicted octanol–water partition coefficient (Wildman–Crippen LogP) is 19.3. The summed E-state index contributed by atoms with van der Waals surface area (Å²) in [6.07, 6.45) is 4.78. The number of allylic oxidation sites excluding steroid dienone is 7. The fourth-order valence-electron chi connectivity index (χ4n) is 15.1. The number of hydrogen-bond donors (Lipinski definition) is 0. The van der Waals surface area contributed by atoms with Crippen LogP contribution in [0.3, 0.4) is 0 Å². The SMILES string of the molecule is CC(C)(C)c1ccc2c(c1)-c1cc(C(C)(C)C)ccc1C21C2=C/C(=C(/C3=CC4=C(c5ccccc5C45c4ccc(C(C)(C)C)cc4-c4cc(C(C)(C)C)ccc45)C3[B]F)c3ccc4oc5ccccc5c4c3)N=C2c2ccccc21. The van der Waals surface area contributed by atoms with Gasteiger partial charge in [0, 0.05) is 33.3 Å². The van der Waals surface area contributed by atoms with Crippen LogP contribution in [0, 0.1) is 0 Å². The minimum absolute atomic E-state index is 0.0502. The van der Waals surface area contributed by atoms with E-state index in [9.17, 15) is 0 Å². The van der Waals surface area contributed by atoms with E-state index in [4.69, 9.17) is 9.41 Å². The van der Waals surface area contributed by atoms with Crippen LogP contribution in [0.5, 0.6) is 0 Å². The van der Waals surface area contributed by atoms with Gasteiger partial charge >= 0.3 is 7.56 Å². The van der Waals surface area contributed by atoms with Crippen molar-refractivity contribution >= 4 is 46.4 Å². The highest BCUT2D eigenvalue weighted by atomic mass is 19.1. The summed E-state index contributed by atoms with van der Waals surface area (Å²) >= 11 is 0. The Morgan fingerprint density at radius 3 is 1.43 bits per heavy atom. The first kappa shape index (κ1) is 49.2. The molecule has 80 heavy (non-hydrogen) atoms. The topological polar surface area (TPSA) is 25.5 Å². The van der Waals surface area contributed by atoms with Crippen molar-refractivity contribution in [3.05, 3.63) is 271 Å². The highest BCUT2D eigenvalue weighted by Gasteiger charge is 2.58. The first-order valence-corrected chi connectivity index (χ1v) is 28.8. The fourth-order valence-corrected chi connectivity index (χ4v) is 15.1. The lowest BCUT2D eigenvalue weighted by atomic mass is 9.68. The molecule has 0 saturated carbocycles. The molecule has 2 spiro atoms. The fraction of sp³-hybridized carbons (Fsp3) is 0.250. The number of para-hydroxylation sites is 1. The average Bonchev–Trinajstić information content (AvgIpc) is 4.37. The van der Waals surface area contributed by atoms with Crippen LogP contribution < -0.4 is 0 Å². The lowest BCUT2D eigenvalue weighted by molar-refractivity contribution is 0.589. The normalized spacial score (nSPS) is 18.5. The van der Waals surface area contributed by atoms with Gasteiger partial charge in [-0.15, -0.1) is 0 Å². The van der Waals surface area contributed by atoms with E-state index in [-0.39, 0.29) is 21.7 Å². The number of aliphatic imine (C=N–C) groups is 1. The number of halogens is 1. The number of nitrogens with zero attached hydrogens (tertiary/aromatic N) is 1. The Bertz CT molecular complexity index is 4310. The third kappa shape index (κ3) is 6.45. The van der Waals surface area contributed by atoms with Crippen LogP contribution >= 0.6 is 0 Å². The molecule has 1 atom stereocenters. The molecule has 1 radical (unpaired) electrons. The van der Waals surface area contributed by atoms with E-state index in [1.165, 1.54) is 77.9 Å². The third-order valence-corrected chi connectivity index (χ3v) is 19.1. The molecular formula is C76H66BFNO. The van der Waals surface area contributed by atoms with Crippen LogP contribution in [0.25, 0.3) is 55.3 Å². The van der Waals surface area contributed by atoms with E-state index in [0.29, 0.717) is 0 Å². The van der Waals surface area contributed by atoms with E-state index in [0.717, 1.165) is 85.5 Å². The minimum Gasteiger partial charge on any atom is -0.456 e. The van der Waals surface area contributed by atoms with Gasteiger partial charge < -0.3 is 8.73 Å². The number of hydrogen-bond acceptors (Lipinski definition) is 2. The predicted molar refractivity (Wildman–Crippen MR) is 332 cm³/mol. The van der Waals surface area contributed by atoms with E-state index in [2.05, 4.69) is 247 Å². The van der Waals surface area contributed by atoms with Crippen LogP contribution in [-0.2, 0) is 32.5 Å². The maximum Gasteiger partial charge on any atom is 0.367 e. The molecule has 15 rings (SSSR count). The van der Waals surface area contributed by atoms with Gasteiger partial charge in [0.05, 0.1) is 22.2 Å². The largest absolute Gasteiger partial charge is 0.456 e. The second-order valence-corrected chi connectivity index (χ2v) is 27.8. The molecule has 0 bridgehead atoms. The molecule has 0 saturated heterocycles. The van der Waals surface area contributed by atoms with Gasteiger partial charge in [-0.25, -0.2) is 4.99 Å². The molecule has 0 fully saturated rings. The molecule has 2 nitrogen and oxygen atoms in total. The molecule has 5 aliphatic carbocycles. The average molecular weight is 1040 g/mol. The van der Waals surface area contributed by atoms with Crippen molar-refractivity contribution in [1.29, 1.82) is 0 Å². The Morgan fingerprint density at radius 1 is 0.450 bits per heavy atom. The van der Waals surface area contributed by atoms with Gasteiger partial charge in [0.25, 0.3) is 0 Å². The summed E-state index contributed by atoms with van der Waals surface area (Å²) in [5.41, 5.74) is 28.0. The maximum absolute atomic E-state index is 17.2. The quantitative estimate of drug-likeness (QED) is 0.162. The van der Waals surface area contributed by atoms with Gasteiger partial charge in [-0.1, -0.05) is 235 Å². The van der Waals surface area contributed by atoms with E-state index in [1.807, 2.05) is 12.1 Å². The monoisotopic (exact) mass is 1040 g/mol. The summed E-state index contributed by atoms with van der Waals surface area (Å²) in [5.74, 6) is -0.695. The molecule has 391 valence electrons. The van der Waals surface area contributed by atoms with Crippen molar-refractivity contribution in [2.24, 2.45) is 4.99 Å². The second-order valence-electron chi connectivity index (χ2n) is 27.8. The van der Waals surface area contributed by atoms with Crippen molar-refractivity contribution in [1.82, 2.24) is 0 Å². The molecule has 2 heterocycles. The van der Waals surface area contributed by atoms with Gasteiger partial charge in [-0.05, 0) is 152 Å². The highest BCUT2D eigenvalue weighted by molar-refractivity contribution is 6.38. The first-order valence-electron chi connectivity index (χ1n) is 28.8. The van der Waals surface area contributed by atoms with E-state index in [1.54, 1.807) is 0 Å². The van der Waals surface area contributed by atoms with E-state index < -0.39 is 16.6 Å². The molecule has 1 unspecified atom stereocenters. The van der Waals surface area contributed by atoms with Crippen LogP contribution in [0.15, 0.2) is 208 Å². The molecule has 0 N–H and O–H groups in total. The summed E-state index contributed by atoms with van der Waals surface area (Å²) in [6, 6.07) is 61.5. The van der Waals surface area contributed by atoms with Crippen molar-refractivity contribution in [3.8, 4) is 22.3 Å². The molecule has 4 heteroatoms. The van der Waals surface area contributed by atoms with Crippen molar-refractivity contribution in [3.63, 3.8) is 0 Å². The third-order valence-electron chi connectivity index (χ3n) is 19.1. The summed E-state index contributed by atoms with van der Waals surface area (Å²) in [6.45, 7) is 27.7. The van der Waals surface area contributed by atoms with E-state index >= 15 is 4.32 Å². The number of rotatable bonds is 3. The molecule has 1 aliphatic heterocycles. The summed E-state index contributed by atoms with van der Waals surface area (Å²) in [7, 11) is 0.967. The zero-order chi connectivity index (χ0) is 55.4. The molecule has 6 aliphatic rings. The van der Waals surface area contributed by atoms with Gasteiger partial charge in [0.15, 0.2) is 0 Å². The van der Waals surface area contributed by atoms with Crippen molar-refractivity contribution < 1.29 is 8.73 Å². The van der Waals surface area contributed by atoms with Gasteiger partial charge in [0.2, 0.25) is 0 Å². The smallest absolute Gasteiger partial charge is 0.367 e. The summed E-state index contributed by atoms with van der Waals surface area (Å²) in [4.78, 5) is 5.94. The van der Waals surface area contributed by atoms with Crippen LogP contribution in [0.1, 0.15) is 155 Å². The summed E-state index contributed by atoms with van der Waals surface area (Å²) in [5, 5.41) is 2.06. The Hall–Kier alpha value is -7.82. The molecule has 1 aromatic heterocycles. The Kier molecular flexibility index (Phi) is 9.96. The van der Waals surface area contributed by atoms with Crippen LogP contribution in [0.4, 0.5) is 4.32 Å². The molecule has 8 aromatic carbocycles. The maximum atomic E-state index is 17.2. The van der Waals surface area contributed by atoms with Gasteiger partial charge in [0.1, 0.15) is 11.2 Å². The number of furan rings is 1. The number of benzene rings is 8. The second kappa shape index (κ2) is 16.2. The molecule has 0 amide bonds. The zero-order valence-corrected chi connectivity index (χ0v) is 48.1. The minimum atomic E-state index is -0.695. The van der Waals surface area contributed by atoms with Gasteiger partial charge in [-0.3, -0.25) is 0 Å². The Morgan fingerprint density at radius 2 is 0.900 bits per heavy atom. The highest BCUT2D eigenvalue weighted by Crippen LogP contribution is 2.69. The van der Waals surface area contributed by atoms with Gasteiger partial charge in [-0.2, -0.15) is 0 Å². The zero-order valence-electron chi connectivity index (χ0n) is 48.1.